The fraction of sp³-hybridized carbons (Fsp3) is 0.250. The fourth-order valence-corrected chi connectivity index (χ4v) is 2.25. The van der Waals surface area contributed by atoms with Gasteiger partial charge in [-0.1, -0.05) is 37.6 Å². The third-order valence-corrected chi connectivity index (χ3v) is 3.24. The molecule has 4 heteroatoms. The summed E-state index contributed by atoms with van der Waals surface area (Å²) < 4.78 is 0. The van der Waals surface area contributed by atoms with E-state index < -0.39 is 0 Å². The normalized spacial score (nSPS) is 10.6. The van der Waals surface area contributed by atoms with Crippen LogP contribution in [0.1, 0.15) is 30.9 Å². The van der Waals surface area contributed by atoms with E-state index in [0.29, 0.717) is 17.4 Å². The summed E-state index contributed by atoms with van der Waals surface area (Å²) in [6, 6.07) is 9.25. The number of amides is 1. The third-order valence-electron chi connectivity index (χ3n) is 3.00. The highest BCUT2D eigenvalue weighted by molar-refractivity contribution is 6.30. The van der Waals surface area contributed by atoms with Crippen molar-refractivity contribution in [3.63, 3.8) is 0 Å². The number of anilines is 1. The molecule has 0 atom stereocenters. The van der Waals surface area contributed by atoms with E-state index in [2.05, 4.69) is 24.1 Å². The summed E-state index contributed by atoms with van der Waals surface area (Å²) >= 11 is 5.91. The molecular formula is C16H17ClN2O. The number of hydrogen-bond acceptors (Lipinski definition) is 2. The molecule has 104 valence electrons. The molecule has 0 fully saturated rings. The summed E-state index contributed by atoms with van der Waals surface area (Å²) in [5, 5.41) is 3.55. The molecular weight excluding hydrogens is 272 g/mol. The van der Waals surface area contributed by atoms with E-state index in [1.807, 2.05) is 18.2 Å². The number of pyridine rings is 1. The van der Waals surface area contributed by atoms with Crippen LogP contribution >= 0.6 is 11.6 Å². The van der Waals surface area contributed by atoms with E-state index in [1.54, 1.807) is 24.5 Å². The fourth-order valence-electron chi connectivity index (χ4n) is 2.04. The number of nitrogens with one attached hydrogen (secondary N) is 1. The van der Waals surface area contributed by atoms with Gasteiger partial charge in [0.25, 0.3) is 0 Å². The first-order valence-electron chi connectivity index (χ1n) is 6.54. The molecule has 1 aromatic carbocycles. The highest BCUT2D eigenvalue weighted by atomic mass is 35.5. The maximum absolute atomic E-state index is 12.1. The lowest BCUT2D eigenvalue weighted by Gasteiger charge is -2.13. The van der Waals surface area contributed by atoms with Gasteiger partial charge in [-0.15, -0.1) is 0 Å². The van der Waals surface area contributed by atoms with Crippen LogP contribution in [0.15, 0.2) is 42.7 Å². The molecule has 2 rings (SSSR count). The van der Waals surface area contributed by atoms with E-state index in [-0.39, 0.29) is 5.91 Å². The summed E-state index contributed by atoms with van der Waals surface area (Å²) in [7, 11) is 0. The molecule has 0 aliphatic rings. The van der Waals surface area contributed by atoms with Crippen LogP contribution in [0.4, 0.5) is 5.69 Å². The van der Waals surface area contributed by atoms with Gasteiger partial charge >= 0.3 is 0 Å². The van der Waals surface area contributed by atoms with Gasteiger partial charge in [-0.2, -0.15) is 0 Å². The van der Waals surface area contributed by atoms with Crippen LogP contribution in [0.5, 0.6) is 0 Å². The van der Waals surface area contributed by atoms with Crippen molar-refractivity contribution in [3.8, 4) is 0 Å². The van der Waals surface area contributed by atoms with Gasteiger partial charge in [0.1, 0.15) is 0 Å². The zero-order valence-corrected chi connectivity index (χ0v) is 12.3. The Morgan fingerprint density at radius 3 is 2.85 bits per heavy atom. The van der Waals surface area contributed by atoms with Gasteiger partial charge in [0.2, 0.25) is 5.91 Å². The van der Waals surface area contributed by atoms with Crippen molar-refractivity contribution in [1.29, 1.82) is 0 Å². The maximum Gasteiger partial charge on any atom is 0.228 e. The van der Waals surface area contributed by atoms with Gasteiger partial charge in [0.05, 0.1) is 18.3 Å². The highest BCUT2D eigenvalue weighted by Gasteiger charge is 2.10. The topological polar surface area (TPSA) is 42.0 Å². The van der Waals surface area contributed by atoms with Crippen molar-refractivity contribution in [2.24, 2.45) is 0 Å². The van der Waals surface area contributed by atoms with Crippen molar-refractivity contribution in [2.75, 3.05) is 5.32 Å². The molecule has 0 spiro atoms. The number of rotatable bonds is 4. The summed E-state index contributed by atoms with van der Waals surface area (Å²) in [5.74, 6) is 0.265. The average Bonchev–Trinajstić information content (AvgIpc) is 2.38. The lowest BCUT2D eigenvalue weighted by Crippen LogP contribution is -2.16. The molecule has 0 bridgehead atoms. The molecule has 0 aliphatic carbocycles. The smallest absolute Gasteiger partial charge is 0.228 e. The van der Waals surface area contributed by atoms with Crippen LogP contribution in [0.25, 0.3) is 0 Å². The molecule has 1 amide bonds. The van der Waals surface area contributed by atoms with Crippen LogP contribution in [0.2, 0.25) is 5.02 Å². The number of benzene rings is 1. The molecule has 2 aromatic rings. The van der Waals surface area contributed by atoms with Crippen molar-refractivity contribution in [2.45, 2.75) is 26.2 Å². The van der Waals surface area contributed by atoms with Crippen molar-refractivity contribution < 1.29 is 4.79 Å². The summed E-state index contributed by atoms with van der Waals surface area (Å²) in [6.45, 7) is 4.17. The molecule has 1 heterocycles. The first-order chi connectivity index (χ1) is 9.56. The van der Waals surface area contributed by atoms with E-state index in [9.17, 15) is 4.79 Å². The minimum Gasteiger partial charge on any atom is -0.324 e. The van der Waals surface area contributed by atoms with E-state index >= 15 is 0 Å². The van der Waals surface area contributed by atoms with E-state index in [1.165, 1.54) is 0 Å². The Bertz CT molecular complexity index is 611. The molecule has 0 saturated carbocycles. The average molecular weight is 289 g/mol. The van der Waals surface area contributed by atoms with E-state index in [4.69, 9.17) is 11.6 Å². The van der Waals surface area contributed by atoms with Gasteiger partial charge in [-0.05, 0) is 35.2 Å². The van der Waals surface area contributed by atoms with Gasteiger partial charge in [-0.3, -0.25) is 9.78 Å². The zero-order chi connectivity index (χ0) is 14.5. The molecule has 3 nitrogen and oxygen atoms in total. The molecule has 0 saturated heterocycles. The summed E-state index contributed by atoms with van der Waals surface area (Å²) in [6.07, 6.45) is 3.72. The first-order valence-corrected chi connectivity index (χ1v) is 6.92. The van der Waals surface area contributed by atoms with Gasteiger partial charge in [-0.25, -0.2) is 0 Å². The predicted octanol–water partition coefficient (Wildman–Crippen LogP) is 4.04. The minimum atomic E-state index is -0.0674. The van der Waals surface area contributed by atoms with Crippen LogP contribution < -0.4 is 5.32 Å². The van der Waals surface area contributed by atoms with Gasteiger partial charge in [0, 0.05) is 11.2 Å². The number of halogens is 1. The first kappa shape index (κ1) is 14.5. The molecule has 1 N–H and O–H groups in total. The standard InChI is InChI=1S/C16H17ClN2O/c1-11(2)14-6-7-18-10-15(14)19-16(20)9-12-4-3-5-13(17)8-12/h3-8,10-11H,9H2,1-2H3,(H,19,20). The van der Waals surface area contributed by atoms with Crippen LogP contribution in [-0.2, 0) is 11.2 Å². The van der Waals surface area contributed by atoms with Crippen LogP contribution in [-0.4, -0.2) is 10.9 Å². The number of aromatic nitrogens is 1. The lowest BCUT2D eigenvalue weighted by atomic mass is 10.0. The van der Waals surface area contributed by atoms with Gasteiger partial charge < -0.3 is 5.32 Å². The quantitative estimate of drug-likeness (QED) is 0.922. The Hall–Kier alpha value is -1.87. The van der Waals surface area contributed by atoms with Crippen molar-refractivity contribution in [3.05, 3.63) is 58.9 Å². The molecule has 0 unspecified atom stereocenters. The number of hydrogen-bond donors (Lipinski definition) is 1. The Morgan fingerprint density at radius 2 is 2.15 bits per heavy atom. The number of nitrogens with zero attached hydrogens (tertiary/aromatic N) is 1. The molecule has 1 aromatic heterocycles. The molecule has 20 heavy (non-hydrogen) atoms. The Kier molecular flexibility index (Phi) is 4.74. The van der Waals surface area contributed by atoms with Crippen molar-refractivity contribution >= 4 is 23.2 Å². The number of carbonyl (C=O) groups is 1. The predicted molar refractivity (Wildman–Crippen MR) is 82.1 cm³/mol. The van der Waals surface area contributed by atoms with Gasteiger partial charge in [0.15, 0.2) is 0 Å². The zero-order valence-electron chi connectivity index (χ0n) is 11.6. The van der Waals surface area contributed by atoms with E-state index in [0.717, 1.165) is 16.8 Å². The Balaban J connectivity index is 2.09. The SMILES string of the molecule is CC(C)c1ccncc1NC(=O)Cc1cccc(Cl)c1. The summed E-state index contributed by atoms with van der Waals surface area (Å²) in [5.41, 5.74) is 2.75. The van der Waals surface area contributed by atoms with Crippen LogP contribution in [0, 0.1) is 0 Å². The van der Waals surface area contributed by atoms with Crippen molar-refractivity contribution in [1.82, 2.24) is 4.98 Å². The Morgan fingerprint density at radius 1 is 1.35 bits per heavy atom. The summed E-state index contributed by atoms with van der Waals surface area (Å²) in [4.78, 5) is 16.2. The minimum absolute atomic E-state index is 0.0674. The second-order valence-electron chi connectivity index (χ2n) is 4.97. The Labute approximate surface area is 124 Å². The second kappa shape index (κ2) is 6.53. The molecule has 0 radical (unpaired) electrons. The third kappa shape index (κ3) is 3.81. The van der Waals surface area contributed by atoms with Crippen LogP contribution in [0.3, 0.4) is 0 Å². The maximum atomic E-state index is 12.1. The lowest BCUT2D eigenvalue weighted by molar-refractivity contribution is -0.115. The second-order valence-corrected chi connectivity index (χ2v) is 5.41. The largest absolute Gasteiger partial charge is 0.324 e. The highest BCUT2D eigenvalue weighted by Crippen LogP contribution is 2.22. The monoisotopic (exact) mass is 288 g/mol. The molecule has 0 aliphatic heterocycles. The number of carbonyl (C=O) groups excluding carboxylic acids is 1.